The summed E-state index contributed by atoms with van der Waals surface area (Å²) in [6.45, 7) is 1.71. The molecule has 10 heteroatoms. The molecule has 0 amide bonds. The molecule has 3 aromatic rings. The fourth-order valence-corrected chi connectivity index (χ4v) is 2.46. The normalized spacial score (nSPS) is 10.2. The average Bonchev–Trinajstić information content (AvgIpc) is 2.53. The van der Waals surface area contributed by atoms with Gasteiger partial charge in [0.2, 0.25) is 0 Å². The molecule has 0 saturated heterocycles. The van der Waals surface area contributed by atoms with Gasteiger partial charge in [0.05, 0.1) is 5.39 Å². The van der Waals surface area contributed by atoms with Crippen molar-refractivity contribution in [2.45, 2.75) is 13.3 Å². The molecule has 0 aliphatic rings. The topological polar surface area (TPSA) is 141 Å². The molecule has 0 bridgehead atoms. The summed E-state index contributed by atoms with van der Waals surface area (Å²) in [5.41, 5.74) is -1.47. The molecule has 0 aliphatic heterocycles. The average molecular weight is 374 g/mol. The minimum absolute atomic E-state index is 0. The van der Waals surface area contributed by atoms with Crippen molar-refractivity contribution < 1.29 is 87.8 Å². The van der Waals surface area contributed by atoms with Gasteiger partial charge in [0.1, 0.15) is 22.9 Å². The Labute approximate surface area is 189 Å². The first-order valence-corrected chi connectivity index (χ1v) is 6.83. The van der Waals surface area contributed by atoms with Crippen molar-refractivity contribution >= 4 is 33.9 Å². The number of carboxylic acid groups (broad SMARTS) is 2. The Hall–Kier alpha value is -1.42. The number of fused-ring (bicyclic) bond motifs is 3. The molecular formula is C16H8Na2O8. The van der Waals surface area contributed by atoms with Gasteiger partial charge in [-0.1, -0.05) is 6.92 Å². The number of hydrogen-bond donors (Lipinski definition) is 0. The van der Waals surface area contributed by atoms with Gasteiger partial charge in [-0.2, -0.15) is 0 Å². The van der Waals surface area contributed by atoms with E-state index < -0.39 is 34.3 Å². The van der Waals surface area contributed by atoms with E-state index in [1.54, 1.807) is 6.92 Å². The summed E-state index contributed by atoms with van der Waals surface area (Å²) in [7, 11) is 0. The third kappa shape index (κ3) is 3.80. The van der Waals surface area contributed by atoms with Gasteiger partial charge in [0, 0.05) is 12.1 Å². The molecule has 0 atom stereocenters. The molecule has 0 N–H and O–H groups in total. The first kappa shape index (κ1) is 22.6. The number of rotatable bonds is 3. The van der Waals surface area contributed by atoms with Crippen LogP contribution in [0.4, 0.5) is 0 Å². The van der Waals surface area contributed by atoms with Crippen LogP contribution in [0.2, 0.25) is 0 Å². The van der Waals surface area contributed by atoms with Crippen molar-refractivity contribution in [3.05, 3.63) is 55.7 Å². The van der Waals surface area contributed by atoms with Crippen molar-refractivity contribution in [1.82, 2.24) is 0 Å². The Morgan fingerprint density at radius 2 is 1.38 bits per heavy atom. The van der Waals surface area contributed by atoms with Crippen LogP contribution in [0.1, 0.15) is 33.6 Å². The van der Waals surface area contributed by atoms with Crippen LogP contribution in [-0.4, -0.2) is 11.9 Å². The van der Waals surface area contributed by atoms with Crippen LogP contribution < -0.4 is 80.2 Å². The molecule has 0 spiro atoms. The van der Waals surface area contributed by atoms with E-state index in [2.05, 4.69) is 0 Å². The summed E-state index contributed by atoms with van der Waals surface area (Å²) in [6.07, 6.45) is 0.327. The summed E-state index contributed by atoms with van der Waals surface area (Å²) in [5, 5.41) is 21.7. The van der Waals surface area contributed by atoms with Gasteiger partial charge in [-0.25, -0.2) is 0 Å². The number of carbonyl (C=O) groups excluding carboxylic acids is 2. The van der Waals surface area contributed by atoms with Crippen LogP contribution in [0.3, 0.4) is 0 Å². The van der Waals surface area contributed by atoms with E-state index in [1.165, 1.54) is 6.07 Å². The van der Waals surface area contributed by atoms with Crippen LogP contribution in [0, 0.1) is 0 Å². The second-order valence-electron chi connectivity index (χ2n) is 4.99. The molecule has 122 valence electrons. The first-order chi connectivity index (χ1) is 11.3. The summed E-state index contributed by atoms with van der Waals surface area (Å²) >= 11 is 0. The van der Waals surface area contributed by atoms with E-state index in [9.17, 15) is 29.4 Å². The van der Waals surface area contributed by atoms with E-state index in [-0.39, 0.29) is 81.1 Å². The molecule has 2 aromatic heterocycles. The van der Waals surface area contributed by atoms with E-state index in [0.717, 1.165) is 6.07 Å². The number of hydrogen-bond acceptors (Lipinski definition) is 8. The Balaban J connectivity index is 0.00000169. The molecule has 3 rings (SSSR count). The second-order valence-corrected chi connectivity index (χ2v) is 4.99. The Kier molecular flexibility index (Phi) is 7.41. The van der Waals surface area contributed by atoms with Crippen LogP contribution in [0.5, 0.6) is 0 Å². The van der Waals surface area contributed by atoms with Crippen molar-refractivity contribution in [2.24, 2.45) is 0 Å². The van der Waals surface area contributed by atoms with Gasteiger partial charge < -0.3 is 28.6 Å². The Morgan fingerprint density at radius 3 is 1.88 bits per heavy atom. The predicted octanol–water partition coefficient (Wildman–Crippen LogP) is -6.80. The molecule has 1 aromatic carbocycles. The first-order valence-electron chi connectivity index (χ1n) is 6.83. The van der Waals surface area contributed by atoms with Crippen molar-refractivity contribution in [3.8, 4) is 0 Å². The quantitative estimate of drug-likeness (QED) is 0.325. The summed E-state index contributed by atoms with van der Waals surface area (Å²) < 4.78 is 10.3. The van der Waals surface area contributed by atoms with Crippen molar-refractivity contribution in [2.75, 3.05) is 0 Å². The number of aromatic carboxylic acids is 2. The molecule has 0 saturated carbocycles. The smallest absolute Gasteiger partial charge is 0.542 e. The second kappa shape index (κ2) is 8.51. The standard InChI is InChI=1S/C16H10O8.2Na/c1-2-6-3-7-8(17)4-10(15(19)20)24-14(7)12-9(18)5-11(16(21)22)23-13(6)12;;/h3-5H,2H2,1H3,(H,19,20)(H,21,22);;/q;2*+1/p-2. The molecule has 0 aliphatic carbocycles. The maximum atomic E-state index is 12.3. The van der Waals surface area contributed by atoms with Crippen LogP contribution in [0.25, 0.3) is 21.9 Å². The third-order valence-electron chi connectivity index (χ3n) is 3.55. The minimum atomic E-state index is -1.72. The van der Waals surface area contributed by atoms with E-state index >= 15 is 0 Å². The summed E-state index contributed by atoms with van der Waals surface area (Å²) in [5.74, 6) is -4.83. The van der Waals surface area contributed by atoms with Gasteiger partial charge >= 0.3 is 59.1 Å². The third-order valence-corrected chi connectivity index (χ3v) is 3.55. The van der Waals surface area contributed by atoms with Gasteiger partial charge in [-0.05, 0) is 18.1 Å². The molecule has 26 heavy (non-hydrogen) atoms. The van der Waals surface area contributed by atoms with Crippen LogP contribution in [-0.2, 0) is 6.42 Å². The van der Waals surface area contributed by atoms with E-state index in [4.69, 9.17) is 8.83 Å². The van der Waals surface area contributed by atoms with Crippen LogP contribution in [0.15, 0.2) is 36.6 Å². The van der Waals surface area contributed by atoms with Gasteiger partial charge in [0.15, 0.2) is 28.0 Å². The molecule has 2 heterocycles. The maximum absolute atomic E-state index is 12.3. The monoisotopic (exact) mass is 374 g/mol. The molecule has 0 fully saturated rings. The number of carbonyl (C=O) groups is 2. The summed E-state index contributed by atoms with van der Waals surface area (Å²) in [4.78, 5) is 46.3. The van der Waals surface area contributed by atoms with Crippen molar-refractivity contribution in [3.63, 3.8) is 0 Å². The SMILES string of the molecule is CCc1cc2c(=O)cc(C(=O)[O-])oc2c2c(=O)cc(C(=O)[O-])oc12.[Na+].[Na+]. The predicted molar refractivity (Wildman–Crippen MR) is 76.6 cm³/mol. The number of benzene rings is 1. The Morgan fingerprint density at radius 1 is 0.885 bits per heavy atom. The number of carboxylic acids is 2. The Bertz CT molecular complexity index is 1140. The zero-order valence-electron chi connectivity index (χ0n) is 14.2. The molecular weight excluding hydrogens is 366 g/mol. The fraction of sp³-hybridized carbons (Fsp3) is 0.125. The summed E-state index contributed by atoms with van der Waals surface area (Å²) in [6, 6.07) is 2.80. The molecule has 8 nitrogen and oxygen atoms in total. The van der Waals surface area contributed by atoms with Gasteiger partial charge in [0.25, 0.3) is 0 Å². The van der Waals surface area contributed by atoms with Crippen molar-refractivity contribution in [1.29, 1.82) is 0 Å². The molecule has 0 unspecified atom stereocenters. The van der Waals surface area contributed by atoms with Crippen LogP contribution >= 0.6 is 0 Å². The van der Waals surface area contributed by atoms with E-state index in [0.29, 0.717) is 18.1 Å². The number of aryl methyl sites for hydroxylation is 1. The fourth-order valence-electron chi connectivity index (χ4n) is 2.46. The minimum Gasteiger partial charge on any atom is -0.542 e. The van der Waals surface area contributed by atoms with Gasteiger partial charge in [-0.15, -0.1) is 0 Å². The largest absolute Gasteiger partial charge is 1.00 e. The van der Waals surface area contributed by atoms with E-state index in [1.807, 2.05) is 0 Å². The zero-order chi connectivity index (χ0) is 17.6. The molecule has 0 radical (unpaired) electrons. The zero-order valence-corrected chi connectivity index (χ0v) is 18.2. The van der Waals surface area contributed by atoms with Gasteiger partial charge in [-0.3, -0.25) is 9.59 Å². The maximum Gasteiger partial charge on any atom is 1.00 e.